The predicted octanol–water partition coefficient (Wildman–Crippen LogP) is 3.63. The van der Waals surface area contributed by atoms with E-state index in [9.17, 15) is 8.78 Å². The molecule has 3 N–H and O–H groups in total. The summed E-state index contributed by atoms with van der Waals surface area (Å²) < 4.78 is 27.1. The lowest BCUT2D eigenvalue weighted by Crippen LogP contribution is -2.29. The molecular weight excluding hydrogens is 278 g/mol. The van der Waals surface area contributed by atoms with Gasteiger partial charge in [0.05, 0.1) is 6.04 Å². The second kappa shape index (κ2) is 6.83. The lowest BCUT2D eigenvalue weighted by molar-refractivity contribution is 0.545. The van der Waals surface area contributed by atoms with Crippen molar-refractivity contribution in [2.24, 2.45) is 5.84 Å². The summed E-state index contributed by atoms with van der Waals surface area (Å²) in [5.41, 5.74) is 3.53. The zero-order chi connectivity index (χ0) is 14.5. The van der Waals surface area contributed by atoms with Crippen molar-refractivity contribution >= 4 is 11.8 Å². The maximum atomic E-state index is 13.8. The van der Waals surface area contributed by atoms with Crippen LogP contribution in [0.1, 0.15) is 24.1 Å². The van der Waals surface area contributed by atoms with Crippen LogP contribution in [0.2, 0.25) is 0 Å². The van der Waals surface area contributed by atoms with E-state index in [0.29, 0.717) is 0 Å². The fourth-order valence-corrected chi connectivity index (χ4v) is 2.69. The summed E-state index contributed by atoms with van der Waals surface area (Å²) in [5, 5.41) is 0. The Balaban J connectivity index is 2.34. The minimum atomic E-state index is -0.577. The SMILES string of the molecule is CCSc1ccc(C(NN)c2cc(F)ccc2F)cc1. The second-order valence-electron chi connectivity index (χ2n) is 4.27. The van der Waals surface area contributed by atoms with Gasteiger partial charge in [-0.2, -0.15) is 0 Å². The van der Waals surface area contributed by atoms with Crippen LogP contribution < -0.4 is 11.3 Å². The highest BCUT2D eigenvalue weighted by Crippen LogP contribution is 2.26. The molecule has 106 valence electrons. The van der Waals surface area contributed by atoms with Crippen molar-refractivity contribution in [3.8, 4) is 0 Å². The van der Waals surface area contributed by atoms with Crippen LogP contribution in [0.15, 0.2) is 47.4 Å². The average molecular weight is 294 g/mol. The fourth-order valence-electron chi connectivity index (χ4n) is 2.02. The van der Waals surface area contributed by atoms with E-state index >= 15 is 0 Å². The molecule has 0 radical (unpaired) electrons. The van der Waals surface area contributed by atoms with Crippen molar-refractivity contribution in [1.29, 1.82) is 0 Å². The standard InChI is InChI=1S/C15H16F2N2S/c1-2-20-12-6-3-10(4-7-12)15(19-18)13-9-11(16)5-8-14(13)17/h3-9,15,19H,2,18H2,1H3. The van der Waals surface area contributed by atoms with Crippen LogP contribution in [0, 0.1) is 11.6 Å². The van der Waals surface area contributed by atoms with Crippen LogP contribution in [-0.4, -0.2) is 5.75 Å². The van der Waals surface area contributed by atoms with Crippen LogP contribution in [0.3, 0.4) is 0 Å². The summed E-state index contributed by atoms with van der Waals surface area (Å²) in [4.78, 5) is 1.13. The Hall–Kier alpha value is -1.43. The van der Waals surface area contributed by atoms with E-state index in [0.717, 1.165) is 34.4 Å². The summed E-state index contributed by atoms with van der Waals surface area (Å²) in [5.74, 6) is 5.52. The lowest BCUT2D eigenvalue weighted by atomic mass is 9.99. The van der Waals surface area contributed by atoms with E-state index in [4.69, 9.17) is 5.84 Å². The third-order valence-electron chi connectivity index (χ3n) is 2.96. The average Bonchev–Trinajstić information content (AvgIpc) is 2.45. The first kappa shape index (κ1) is 15.0. The van der Waals surface area contributed by atoms with Gasteiger partial charge in [0, 0.05) is 10.5 Å². The van der Waals surface area contributed by atoms with Gasteiger partial charge in [0.25, 0.3) is 0 Å². The first-order chi connectivity index (χ1) is 9.65. The molecule has 2 rings (SSSR count). The predicted molar refractivity (Wildman–Crippen MR) is 78.4 cm³/mol. The second-order valence-corrected chi connectivity index (χ2v) is 5.60. The third-order valence-corrected chi connectivity index (χ3v) is 3.85. The quantitative estimate of drug-likeness (QED) is 0.502. The van der Waals surface area contributed by atoms with Gasteiger partial charge in [-0.1, -0.05) is 19.1 Å². The van der Waals surface area contributed by atoms with E-state index in [-0.39, 0.29) is 5.56 Å². The lowest BCUT2D eigenvalue weighted by Gasteiger charge is -2.18. The molecule has 1 atom stereocenters. The maximum Gasteiger partial charge on any atom is 0.128 e. The molecule has 0 aliphatic heterocycles. The topological polar surface area (TPSA) is 38.0 Å². The molecule has 0 heterocycles. The molecule has 2 nitrogen and oxygen atoms in total. The number of hydrogen-bond acceptors (Lipinski definition) is 3. The van der Waals surface area contributed by atoms with E-state index in [1.54, 1.807) is 11.8 Å². The zero-order valence-electron chi connectivity index (χ0n) is 11.1. The number of nitrogens with two attached hydrogens (primary N) is 1. The summed E-state index contributed by atoms with van der Waals surface area (Å²) in [6, 6.07) is 10.4. The molecule has 0 saturated heterocycles. The fraction of sp³-hybridized carbons (Fsp3) is 0.200. The molecule has 2 aromatic rings. The highest BCUT2D eigenvalue weighted by atomic mass is 32.2. The van der Waals surface area contributed by atoms with E-state index in [2.05, 4.69) is 12.3 Å². The summed E-state index contributed by atoms with van der Waals surface area (Å²) in [6.07, 6.45) is 0. The summed E-state index contributed by atoms with van der Waals surface area (Å²) in [6.45, 7) is 2.07. The molecule has 5 heteroatoms. The van der Waals surface area contributed by atoms with Crippen LogP contribution in [-0.2, 0) is 0 Å². The van der Waals surface area contributed by atoms with Gasteiger partial charge in [-0.05, 0) is 41.6 Å². The first-order valence-corrected chi connectivity index (χ1v) is 7.28. The Bertz CT molecular complexity index is 573. The molecule has 0 saturated carbocycles. The van der Waals surface area contributed by atoms with Crippen molar-refractivity contribution in [2.75, 3.05) is 5.75 Å². The van der Waals surface area contributed by atoms with Crippen molar-refractivity contribution in [3.63, 3.8) is 0 Å². The van der Waals surface area contributed by atoms with E-state index < -0.39 is 17.7 Å². The number of halogens is 2. The number of nitrogens with one attached hydrogen (secondary N) is 1. The number of hydrogen-bond donors (Lipinski definition) is 2. The van der Waals surface area contributed by atoms with Crippen LogP contribution >= 0.6 is 11.8 Å². The Morgan fingerprint density at radius 2 is 1.85 bits per heavy atom. The van der Waals surface area contributed by atoms with E-state index in [1.807, 2.05) is 24.3 Å². The Labute approximate surface area is 121 Å². The Morgan fingerprint density at radius 1 is 1.15 bits per heavy atom. The molecule has 0 bridgehead atoms. The molecule has 0 aliphatic carbocycles. The summed E-state index contributed by atoms with van der Waals surface area (Å²) in [7, 11) is 0. The zero-order valence-corrected chi connectivity index (χ0v) is 11.9. The smallest absolute Gasteiger partial charge is 0.128 e. The monoisotopic (exact) mass is 294 g/mol. The van der Waals surface area contributed by atoms with Gasteiger partial charge >= 0.3 is 0 Å². The highest BCUT2D eigenvalue weighted by Gasteiger charge is 2.17. The normalized spacial score (nSPS) is 12.4. The number of rotatable bonds is 5. The summed E-state index contributed by atoms with van der Waals surface area (Å²) >= 11 is 1.72. The molecule has 20 heavy (non-hydrogen) atoms. The van der Waals surface area contributed by atoms with Crippen molar-refractivity contribution in [1.82, 2.24) is 5.43 Å². The maximum absolute atomic E-state index is 13.8. The van der Waals surface area contributed by atoms with Crippen LogP contribution in [0.25, 0.3) is 0 Å². The van der Waals surface area contributed by atoms with Gasteiger partial charge in [0.2, 0.25) is 0 Å². The molecule has 0 spiro atoms. The van der Waals surface area contributed by atoms with Gasteiger partial charge < -0.3 is 0 Å². The minimum absolute atomic E-state index is 0.198. The van der Waals surface area contributed by atoms with Crippen LogP contribution in [0.4, 0.5) is 8.78 Å². The van der Waals surface area contributed by atoms with Crippen LogP contribution in [0.5, 0.6) is 0 Å². The molecule has 0 aliphatic rings. The highest BCUT2D eigenvalue weighted by molar-refractivity contribution is 7.99. The molecule has 0 amide bonds. The minimum Gasteiger partial charge on any atom is -0.271 e. The first-order valence-electron chi connectivity index (χ1n) is 6.29. The molecular formula is C15H16F2N2S. The molecule has 0 aromatic heterocycles. The Kier molecular flexibility index (Phi) is 5.11. The third kappa shape index (κ3) is 3.36. The van der Waals surface area contributed by atoms with Gasteiger partial charge in [-0.15, -0.1) is 11.8 Å². The number of hydrazine groups is 1. The van der Waals surface area contributed by atoms with E-state index in [1.165, 1.54) is 0 Å². The largest absolute Gasteiger partial charge is 0.271 e. The van der Waals surface area contributed by atoms with Crippen molar-refractivity contribution in [2.45, 2.75) is 17.9 Å². The molecule has 0 fully saturated rings. The van der Waals surface area contributed by atoms with Gasteiger partial charge in [-0.3, -0.25) is 5.84 Å². The van der Waals surface area contributed by atoms with Gasteiger partial charge in [0.15, 0.2) is 0 Å². The molecule has 1 unspecified atom stereocenters. The van der Waals surface area contributed by atoms with Crippen molar-refractivity contribution in [3.05, 3.63) is 65.2 Å². The van der Waals surface area contributed by atoms with Crippen molar-refractivity contribution < 1.29 is 8.78 Å². The number of thioether (sulfide) groups is 1. The molecule has 2 aromatic carbocycles. The Morgan fingerprint density at radius 3 is 2.45 bits per heavy atom. The number of benzene rings is 2. The van der Waals surface area contributed by atoms with Gasteiger partial charge in [-0.25, -0.2) is 14.2 Å². The van der Waals surface area contributed by atoms with Gasteiger partial charge in [0.1, 0.15) is 11.6 Å².